The second-order valence-corrected chi connectivity index (χ2v) is 7.87. The minimum absolute atomic E-state index is 0.0697. The summed E-state index contributed by atoms with van der Waals surface area (Å²) in [5.41, 5.74) is 7.21. The Balaban J connectivity index is 1.65. The van der Waals surface area contributed by atoms with E-state index in [1.165, 1.54) is 6.07 Å². The normalized spacial score (nSPS) is 19.6. The highest BCUT2D eigenvalue weighted by Crippen LogP contribution is 2.36. The van der Waals surface area contributed by atoms with Gasteiger partial charge in [0.2, 0.25) is 5.91 Å². The minimum Gasteiger partial charge on any atom is -0.489 e. The number of primary amides is 1. The molecule has 6 heteroatoms. The van der Waals surface area contributed by atoms with Gasteiger partial charge < -0.3 is 15.2 Å². The van der Waals surface area contributed by atoms with Gasteiger partial charge in [-0.25, -0.2) is 4.39 Å². The van der Waals surface area contributed by atoms with E-state index in [-0.39, 0.29) is 30.4 Å². The first kappa shape index (κ1) is 21.3. The van der Waals surface area contributed by atoms with Crippen LogP contribution in [0.2, 0.25) is 0 Å². The van der Waals surface area contributed by atoms with Crippen LogP contribution in [0.3, 0.4) is 0 Å². The molecule has 5 nitrogen and oxygen atoms in total. The van der Waals surface area contributed by atoms with Gasteiger partial charge in [-0.3, -0.25) is 9.69 Å². The Morgan fingerprint density at radius 3 is 2.55 bits per heavy atom. The summed E-state index contributed by atoms with van der Waals surface area (Å²) in [5.74, 6) is 0.508. The zero-order chi connectivity index (χ0) is 20.8. The Labute approximate surface area is 171 Å². The van der Waals surface area contributed by atoms with Crippen LogP contribution in [0.15, 0.2) is 48.5 Å². The van der Waals surface area contributed by atoms with Crippen molar-refractivity contribution in [2.24, 2.45) is 11.7 Å². The molecule has 2 atom stereocenters. The lowest BCUT2D eigenvalue weighted by Gasteiger charge is -2.29. The predicted molar refractivity (Wildman–Crippen MR) is 110 cm³/mol. The number of rotatable bonds is 9. The second-order valence-electron chi connectivity index (χ2n) is 7.87. The van der Waals surface area contributed by atoms with Crippen molar-refractivity contribution in [1.29, 1.82) is 0 Å². The van der Waals surface area contributed by atoms with Crippen LogP contribution >= 0.6 is 0 Å². The number of ether oxygens (including phenoxy) is 2. The van der Waals surface area contributed by atoms with Crippen LogP contribution in [0, 0.1) is 11.7 Å². The van der Waals surface area contributed by atoms with Crippen LogP contribution in [0.1, 0.15) is 43.9 Å². The topological polar surface area (TPSA) is 64.8 Å². The van der Waals surface area contributed by atoms with E-state index in [1.807, 2.05) is 29.2 Å². The standard InChI is InChI=1S/C23H29FN2O3/c1-16(2)13-28-15-26-21(11-12-22(26)23(25)27)17-7-9-19(10-8-17)29-14-18-5-3-4-6-20(18)24/h3-10,16,21-22H,11-15H2,1-2H3,(H2,25,27)/t21-,22+/m1/s1. The Morgan fingerprint density at radius 2 is 1.90 bits per heavy atom. The van der Waals surface area contributed by atoms with E-state index >= 15 is 0 Å². The van der Waals surface area contributed by atoms with Crippen molar-refractivity contribution in [3.63, 3.8) is 0 Å². The molecule has 0 spiro atoms. The van der Waals surface area contributed by atoms with Gasteiger partial charge in [-0.05, 0) is 42.5 Å². The lowest BCUT2D eigenvalue weighted by Crippen LogP contribution is -2.42. The quantitative estimate of drug-likeness (QED) is 0.690. The molecule has 0 saturated carbocycles. The number of carbonyl (C=O) groups excluding carboxylic acids is 1. The third kappa shape index (κ3) is 5.55. The molecule has 1 fully saturated rings. The first-order valence-corrected chi connectivity index (χ1v) is 10.0. The highest BCUT2D eigenvalue weighted by atomic mass is 19.1. The Hall–Kier alpha value is -2.44. The third-order valence-corrected chi connectivity index (χ3v) is 5.15. The molecular weight excluding hydrogens is 371 g/mol. The average Bonchev–Trinajstić information content (AvgIpc) is 3.12. The molecule has 0 aliphatic carbocycles. The van der Waals surface area contributed by atoms with E-state index in [0.29, 0.717) is 30.6 Å². The molecule has 2 N–H and O–H groups in total. The van der Waals surface area contributed by atoms with Gasteiger partial charge >= 0.3 is 0 Å². The van der Waals surface area contributed by atoms with E-state index in [4.69, 9.17) is 15.2 Å². The molecule has 0 bridgehead atoms. The highest BCUT2D eigenvalue weighted by molar-refractivity contribution is 5.80. The van der Waals surface area contributed by atoms with Gasteiger partial charge in [0.1, 0.15) is 24.9 Å². The maximum absolute atomic E-state index is 13.7. The fraction of sp³-hybridized carbons (Fsp3) is 0.435. The number of carbonyl (C=O) groups is 1. The van der Waals surface area contributed by atoms with Gasteiger partial charge in [0.05, 0.1) is 12.6 Å². The zero-order valence-electron chi connectivity index (χ0n) is 17.0. The first-order valence-electron chi connectivity index (χ1n) is 10.0. The monoisotopic (exact) mass is 400 g/mol. The van der Waals surface area contributed by atoms with Crippen LogP contribution in [0.5, 0.6) is 5.75 Å². The van der Waals surface area contributed by atoms with Crippen LogP contribution in [0.25, 0.3) is 0 Å². The van der Waals surface area contributed by atoms with Crippen molar-refractivity contribution in [2.45, 2.75) is 45.4 Å². The smallest absolute Gasteiger partial charge is 0.234 e. The third-order valence-electron chi connectivity index (χ3n) is 5.15. The molecule has 0 radical (unpaired) electrons. The predicted octanol–water partition coefficient (Wildman–Crippen LogP) is 4.03. The lowest BCUT2D eigenvalue weighted by atomic mass is 10.0. The molecular formula is C23H29FN2O3. The summed E-state index contributed by atoms with van der Waals surface area (Å²) in [6.07, 6.45) is 1.56. The summed E-state index contributed by atoms with van der Waals surface area (Å²) in [4.78, 5) is 13.9. The van der Waals surface area contributed by atoms with Gasteiger partial charge in [0.15, 0.2) is 0 Å². The second kappa shape index (κ2) is 9.85. The van der Waals surface area contributed by atoms with Gasteiger partial charge in [-0.15, -0.1) is 0 Å². The molecule has 0 unspecified atom stereocenters. The fourth-order valence-electron chi connectivity index (χ4n) is 3.66. The first-order chi connectivity index (χ1) is 14.0. The number of nitrogens with zero attached hydrogens (tertiary/aromatic N) is 1. The molecule has 1 heterocycles. The van der Waals surface area contributed by atoms with E-state index < -0.39 is 0 Å². The SMILES string of the molecule is CC(C)COCN1[C@@H](c2ccc(OCc3ccccc3F)cc2)CC[C@H]1C(N)=O. The van der Waals surface area contributed by atoms with Gasteiger partial charge in [0, 0.05) is 11.6 Å². The maximum Gasteiger partial charge on any atom is 0.234 e. The zero-order valence-corrected chi connectivity index (χ0v) is 17.0. The lowest BCUT2D eigenvalue weighted by molar-refractivity contribution is -0.125. The summed E-state index contributed by atoms with van der Waals surface area (Å²) >= 11 is 0. The molecule has 2 aromatic carbocycles. The van der Waals surface area contributed by atoms with Crippen molar-refractivity contribution in [1.82, 2.24) is 4.90 Å². The Bertz CT molecular complexity index is 810. The average molecular weight is 400 g/mol. The summed E-state index contributed by atoms with van der Waals surface area (Å²) in [5, 5.41) is 0. The molecule has 1 aliphatic heterocycles. The van der Waals surface area contributed by atoms with Gasteiger partial charge in [-0.1, -0.05) is 44.2 Å². The van der Waals surface area contributed by atoms with E-state index in [1.54, 1.807) is 18.2 Å². The molecule has 1 saturated heterocycles. The van der Waals surface area contributed by atoms with Crippen LogP contribution in [0.4, 0.5) is 4.39 Å². The molecule has 1 aliphatic rings. The van der Waals surface area contributed by atoms with Crippen molar-refractivity contribution >= 4 is 5.91 Å². The van der Waals surface area contributed by atoms with E-state index in [0.717, 1.165) is 18.4 Å². The minimum atomic E-state index is -0.316. The number of nitrogens with two attached hydrogens (primary N) is 1. The van der Waals surface area contributed by atoms with Crippen molar-refractivity contribution < 1.29 is 18.7 Å². The summed E-state index contributed by atoms with van der Waals surface area (Å²) in [7, 11) is 0. The van der Waals surface area contributed by atoms with Crippen LogP contribution < -0.4 is 10.5 Å². The molecule has 3 rings (SSSR count). The largest absolute Gasteiger partial charge is 0.489 e. The van der Waals surface area contributed by atoms with Crippen LogP contribution in [-0.2, 0) is 16.1 Å². The van der Waals surface area contributed by atoms with Crippen molar-refractivity contribution in [3.05, 3.63) is 65.5 Å². The summed E-state index contributed by atoms with van der Waals surface area (Å²) < 4.78 is 25.2. The molecule has 29 heavy (non-hydrogen) atoms. The number of amides is 1. The molecule has 0 aromatic heterocycles. The number of hydrogen-bond donors (Lipinski definition) is 1. The fourth-order valence-corrected chi connectivity index (χ4v) is 3.66. The number of halogens is 1. The van der Waals surface area contributed by atoms with Crippen LogP contribution in [-0.4, -0.2) is 30.2 Å². The van der Waals surface area contributed by atoms with Crippen molar-refractivity contribution in [2.75, 3.05) is 13.3 Å². The Morgan fingerprint density at radius 1 is 1.17 bits per heavy atom. The van der Waals surface area contributed by atoms with Gasteiger partial charge in [-0.2, -0.15) is 0 Å². The molecule has 1 amide bonds. The number of benzene rings is 2. The number of likely N-dealkylation sites (tertiary alicyclic amines) is 1. The number of hydrogen-bond acceptors (Lipinski definition) is 4. The van der Waals surface area contributed by atoms with Crippen molar-refractivity contribution in [3.8, 4) is 5.75 Å². The highest BCUT2D eigenvalue weighted by Gasteiger charge is 2.37. The maximum atomic E-state index is 13.7. The molecule has 2 aromatic rings. The summed E-state index contributed by atoms with van der Waals surface area (Å²) in [6, 6.07) is 14.1. The molecule has 156 valence electrons. The Kier molecular flexibility index (Phi) is 7.23. The van der Waals surface area contributed by atoms with Gasteiger partial charge in [0.25, 0.3) is 0 Å². The summed E-state index contributed by atoms with van der Waals surface area (Å²) in [6.45, 7) is 5.37. The van der Waals surface area contributed by atoms with E-state index in [9.17, 15) is 9.18 Å². The van der Waals surface area contributed by atoms with E-state index in [2.05, 4.69) is 13.8 Å².